The van der Waals surface area contributed by atoms with Gasteiger partial charge in [0.2, 0.25) is 5.91 Å². The molecule has 0 saturated heterocycles. The van der Waals surface area contributed by atoms with Gasteiger partial charge in [0, 0.05) is 13.6 Å². The van der Waals surface area contributed by atoms with Crippen molar-refractivity contribution in [2.75, 3.05) is 25.2 Å². The molecule has 1 rings (SSSR count). The second-order valence-electron chi connectivity index (χ2n) is 4.17. The molecule has 0 atom stereocenters. The number of carbonyl (C=O) groups excluding carboxylic acids is 2. The lowest BCUT2D eigenvalue weighted by atomic mass is 10.2. The number of hydrogen-bond donors (Lipinski definition) is 0. The van der Waals surface area contributed by atoms with Crippen LogP contribution in [0.25, 0.3) is 0 Å². The molecule has 20 heavy (non-hydrogen) atoms. The normalized spacial score (nSPS) is 10.2. The van der Waals surface area contributed by atoms with Crippen LogP contribution in [0, 0.1) is 5.82 Å². The Hall–Kier alpha value is -1.56. The molecule has 0 aliphatic heterocycles. The fourth-order valence-corrected chi connectivity index (χ4v) is 2.23. The summed E-state index contributed by atoms with van der Waals surface area (Å²) in [5, 5.41) is 0. The Morgan fingerprint density at radius 2 is 1.90 bits per heavy atom. The van der Waals surface area contributed by atoms with Crippen molar-refractivity contribution in [2.45, 2.75) is 13.5 Å². The Balaban J connectivity index is 2.32. The Morgan fingerprint density at radius 1 is 1.25 bits per heavy atom. The van der Waals surface area contributed by atoms with Crippen LogP contribution in [0.5, 0.6) is 0 Å². The Morgan fingerprint density at radius 3 is 2.50 bits per heavy atom. The number of esters is 1. The highest BCUT2D eigenvalue weighted by Gasteiger charge is 2.11. The Labute approximate surface area is 122 Å². The number of ether oxygens (including phenoxy) is 1. The van der Waals surface area contributed by atoms with E-state index in [1.807, 2.05) is 0 Å². The number of thioether (sulfide) groups is 1. The summed E-state index contributed by atoms with van der Waals surface area (Å²) in [6, 6.07) is 6.02. The van der Waals surface area contributed by atoms with Crippen molar-refractivity contribution < 1.29 is 18.7 Å². The first kappa shape index (κ1) is 16.5. The van der Waals surface area contributed by atoms with Crippen molar-refractivity contribution in [3.8, 4) is 0 Å². The highest BCUT2D eigenvalue weighted by atomic mass is 32.2. The molecule has 0 radical (unpaired) electrons. The van der Waals surface area contributed by atoms with Crippen LogP contribution in [-0.4, -0.2) is 41.9 Å². The molecule has 0 saturated carbocycles. The number of hydrogen-bond acceptors (Lipinski definition) is 4. The van der Waals surface area contributed by atoms with Gasteiger partial charge in [-0.15, -0.1) is 11.8 Å². The summed E-state index contributed by atoms with van der Waals surface area (Å²) in [5.41, 5.74) is 0.859. The van der Waals surface area contributed by atoms with Crippen molar-refractivity contribution in [1.82, 2.24) is 4.90 Å². The molecule has 0 aromatic heterocycles. The molecule has 0 N–H and O–H groups in total. The Kier molecular flexibility index (Phi) is 7.08. The maximum absolute atomic E-state index is 12.8. The van der Waals surface area contributed by atoms with Gasteiger partial charge in [0.05, 0.1) is 18.1 Å². The maximum Gasteiger partial charge on any atom is 0.315 e. The number of rotatable bonds is 7. The molecule has 4 nitrogen and oxygen atoms in total. The molecule has 1 amide bonds. The van der Waals surface area contributed by atoms with E-state index in [-0.39, 0.29) is 29.2 Å². The predicted octanol–water partition coefficient (Wildman–Crippen LogP) is 2.08. The SMILES string of the molecule is CCOC(=O)CSCC(=O)N(C)Cc1ccc(F)cc1. The van der Waals surface area contributed by atoms with Crippen molar-refractivity contribution in [2.24, 2.45) is 0 Å². The average molecular weight is 299 g/mol. The monoisotopic (exact) mass is 299 g/mol. The van der Waals surface area contributed by atoms with Crippen LogP contribution in [0.3, 0.4) is 0 Å². The lowest BCUT2D eigenvalue weighted by molar-refractivity contribution is -0.139. The van der Waals surface area contributed by atoms with Crippen LogP contribution in [0.15, 0.2) is 24.3 Å². The van der Waals surface area contributed by atoms with Gasteiger partial charge < -0.3 is 9.64 Å². The quantitative estimate of drug-likeness (QED) is 0.723. The third-order valence-corrected chi connectivity index (χ3v) is 3.40. The molecular weight excluding hydrogens is 281 g/mol. The zero-order chi connectivity index (χ0) is 15.0. The second-order valence-corrected chi connectivity index (χ2v) is 5.16. The van der Waals surface area contributed by atoms with Crippen LogP contribution in [0.1, 0.15) is 12.5 Å². The zero-order valence-corrected chi connectivity index (χ0v) is 12.4. The lowest BCUT2D eigenvalue weighted by Crippen LogP contribution is -2.28. The van der Waals surface area contributed by atoms with E-state index in [0.717, 1.165) is 5.56 Å². The largest absolute Gasteiger partial charge is 0.465 e. The standard InChI is InChI=1S/C14H18FNO3S/c1-3-19-14(18)10-20-9-13(17)16(2)8-11-4-6-12(15)7-5-11/h4-7H,3,8-10H2,1-2H3. The van der Waals surface area contributed by atoms with Gasteiger partial charge in [0.15, 0.2) is 0 Å². The smallest absolute Gasteiger partial charge is 0.315 e. The molecular formula is C14H18FNO3S. The highest BCUT2D eigenvalue weighted by Crippen LogP contribution is 2.08. The van der Waals surface area contributed by atoms with Crippen molar-refractivity contribution in [3.63, 3.8) is 0 Å². The molecule has 1 aromatic carbocycles. The van der Waals surface area contributed by atoms with Crippen LogP contribution in [0.2, 0.25) is 0 Å². The first-order valence-electron chi connectivity index (χ1n) is 6.24. The van der Waals surface area contributed by atoms with Crippen LogP contribution >= 0.6 is 11.8 Å². The van der Waals surface area contributed by atoms with E-state index in [1.165, 1.54) is 23.9 Å². The molecule has 0 unspecified atom stereocenters. The number of benzene rings is 1. The van der Waals surface area contributed by atoms with Gasteiger partial charge >= 0.3 is 5.97 Å². The first-order valence-corrected chi connectivity index (χ1v) is 7.40. The molecule has 0 aliphatic carbocycles. The van der Waals surface area contributed by atoms with Gasteiger partial charge in [-0.1, -0.05) is 12.1 Å². The summed E-state index contributed by atoms with van der Waals surface area (Å²) in [7, 11) is 1.68. The summed E-state index contributed by atoms with van der Waals surface area (Å²) in [5.74, 6) is -0.302. The number of carbonyl (C=O) groups is 2. The number of halogens is 1. The minimum atomic E-state index is -0.313. The Bertz CT molecular complexity index is 450. The third-order valence-electron chi connectivity index (χ3n) is 2.51. The average Bonchev–Trinajstić information content (AvgIpc) is 2.41. The van der Waals surface area contributed by atoms with Crippen LogP contribution in [0.4, 0.5) is 4.39 Å². The van der Waals surface area contributed by atoms with Gasteiger partial charge in [-0.25, -0.2) is 4.39 Å². The summed E-state index contributed by atoms with van der Waals surface area (Å²) in [4.78, 5) is 24.5. The molecule has 110 valence electrons. The third kappa shape index (κ3) is 6.06. The first-order chi connectivity index (χ1) is 9.52. The highest BCUT2D eigenvalue weighted by molar-refractivity contribution is 8.00. The van der Waals surface area contributed by atoms with Gasteiger partial charge in [-0.3, -0.25) is 9.59 Å². The summed E-state index contributed by atoms with van der Waals surface area (Å²) >= 11 is 1.23. The zero-order valence-electron chi connectivity index (χ0n) is 11.6. The fourth-order valence-electron chi connectivity index (χ4n) is 1.49. The predicted molar refractivity (Wildman–Crippen MR) is 76.8 cm³/mol. The summed E-state index contributed by atoms with van der Waals surface area (Å²) < 4.78 is 17.5. The van der Waals surface area contributed by atoms with E-state index in [0.29, 0.717) is 13.2 Å². The molecule has 0 bridgehead atoms. The number of amides is 1. The van der Waals surface area contributed by atoms with Crippen LogP contribution < -0.4 is 0 Å². The van der Waals surface area contributed by atoms with E-state index in [2.05, 4.69) is 0 Å². The van der Waals surface area contributed by atoms with E-state index >= 15 is 0 Å². The van der Waals surface area contributed by atoms with E-state index in [4.69, 9.17) is 4.74 Å². The van der Waals surface area contributed by atoms with E-state index < -0.39 is 0 Å². The molecule has 0 aliphatic rings. The molecule has 0 fully saturated rings. The summed E-state index contributed by atoms with van der Waals surface area (Å²) in [6.45, 7) is 2.50. The van der Waals surface area contributed by atoms with Crippen molar-refractivity contribution in [1.29, 1.82) is 0 Å². The minimum Gasteiger partial charge on any atom is -0.465 e. The molecule has 6 heteroatoms. The summed E-state index contributed by atoms with van der Waals surface area (Å²) in [6.07, 6.45) is 0. The van der Waals surface area contributed by atoms with Crippen molar-refractivity contribution >= 4 is 23.6 Å². The van der Waals surface area contributed by atoms with Gasteiger partial charge in [0.25, 0.3) is 0 Å². The van der Waals surface area contributed by atoms with E-state index in [9.17, 15) is 14.0 Å². The molecule has 0 heterocycles. The van der Waals surface area contributed by atoms with Gasteiger partial charge in [0.1, 0.15) is 5.82 Å². The minimum absolute atomic E-state index is 0.0800. The van der Waals surface area contributed by atoms with Gasteiger partial charge in [-0.2, -0.15) is 0 Å². The number of nitrogens with zero attached hydrogens (tertiary/aromatic N) is 1. The maximum atomic E-state index is 12.8. The lowest BCUT2D eigenvalue weighted by Gasteiger charge is -2.17. The van der Waals surface area contributed by atoms with Crippen LogP contribution in [-0.2, 0) is 20.9 Å². The topological polar surface area (TPSA) is 46.6 Å². The van der Waals surface area contributed by atoms with Crippen molar-refractivity contribution in [3.05, 3.63) is 35.6 Å². The molecule has 0 spiro atoms. The molecule has 1 aromatic rings. The second kappa shape index (κ2) is 8.58. The van der Waals surface area contributed by atoms with E-state index in [1.54, 1.807) is 31.0 Å². The van der Waals surface area contributed by atoms with Gasteiger partial charge in [-0.05, 0) is 24.6 Å². The fraction of sp³-hybridized carbons (Fsp3) is 0.429.